The number of hydrogen-bond acceptors (Lipinski definition) is 6. The van der Waals surface area contributed by atoms with Gasteiger partial charge < -0.3 is 24.6 Å². The van der Waals surface area contributed by atoms with E-state index in [1.165, 1.54) is 7.11 Å². The summed E-state index contributed by atoms with van der Waals surface area (Å²) in [4.78, 5) is 13.9. The average molecular weight is 338 g/mol. The summed E-state index contributed by atoms with van der Waals surface area (Å²) in [6, 6.07) is 5.75. The molecule has 1 aliphatic rings. The van der Waals surface area contributed by atoms with Crippen molar-refractivity contribution in [2.45, 2.75) is 12.6 Å². The summed E-state index contributed by atoms with van der Waals surface area (Å²) in [5, 5.41) is 12.5. The maximum absolute atomic E-state index is 11.7. The van der Waals surface area contributed by atoms with Gasteiger partial charge in [-0.15, -0.1) is 0 Å². The highest BCUT2D eigenvalue weighted by molar-refractivity contribution is 5.77. The highest BCUT2D eigenvalue weighted by Crippen LogP contribution is 2.29. The molecule has 0 aliphatic carbocycles. The van der Waals surface area contributed by atoms with Crippen molar-refractivity contribution in [3.63, 3.8) is 0 Å². The zero-order valence-corrected chi connectivity index (χ0v) is 14.4. The van der Waals surface area contributed by atoms with E-state index in [9.17, 15) is 9.90 Å². The number of hydrogen-bond donors (Lipinski definition) is 2. The van der Waals surface area contributed by atoms with Gasteiger partial charge >= 0.3 is 0 Å². The molecule has 1 aromatic rings. The van der Waals surface area contributed by atoms with Crippen molar-refractivity contribution < 1.29 is 24.1 Å². The lowest BCUT2D eigenvalue weighted by molar-refractivity contribution is -0.125. The van der Waals surface area contributed by atoms with Crippen LogP contribution < -0.4 is 14.8 Å². The standard InChI is InChI=1S/C17H26N2O5/c1-22-11-17(21)18-14-9-19(8-13(14)10-20)7-12-4-5-15(23-2)16(6-12)24-3/h4-6,13-14,20H,7-11H2,1-3H3,(H,18,21)/t13-,14+/m0/s1. The van der Waals surface area contributed by atoms with Gasteiger partial charge in [-0.05, 0) is 17.7 Å². The number of carbonyl (C=O) groups excluding carboxylic acids is 1. The molecule has 1 saturated heterocycles. The van der Waals surface area contributed by atoms with Gasteiger partial charge in [-0.2, -0.15) is 0 Å². The van der Waals surface area contributed by atoms with Gasteiger partial charge in [0.1, 0.15) is 6.61 Å². The fourth-order valence-electron chi connectivity index (χ4n) is 3.05. The molecule has 24 heavy (non-hydrogen) atoms. The van der Waals surface area contributed by atoms with E-state index >= 15 is 0 Å². The topological polar surface area (TPSA) is 80.3 Å². The molecule has 2 rings (SSSR count). The normalized spacial score (nSPS) is 20.8. The number of aliphatic hydroxyl groups is 1. The Morgan fingerprint density at radius 2 is 2.00 bits per heavy atom. The average Bonchev–Trinajstić information content (AvgIpc) is 2.96. The molecule has 0 saturated carbocycles. The number of rotatable bonds is 8. The molecule has 134 valence electrons. The number of amides is 1. The molecule has 1 aromatic carbocycles. The Labute approximate surface area is 142 Å². The van der Waals surface area contributed by atoms with Crippen LogP contribution in [0.25, 0.3) is 0 Å². The number of ether oxygens (including phenoxy) is 3. The van der Waals surface area contributed by atoms with Crippen LogP contribution in [0.15, 0.2) is 18.2 Å². The molecule has 0 unspecified atom stereocenters. The molecule has 2 N–H and O–H groups in total. The van der Waals surface area contributed by atoms with Crippen molar-refractivity contribution in [3.05, 3.63) is 23.8 Å². The Kier molecular flexibility index (Phi) is 6.84. The van der Waals surface area contributed by atoms with Gasteiger partial charge in [0.05, 0.1) is 14.2 Å². The third kappa shape index (κ3) is 4.59. The molecule has 7 nitrogen and oxygen atoms in total. The van der Waals surface area contributed by atoms with E-state index in [4.69, 9.17) is 14.2 Å². The summed E-state index contributed by atoms with van der Waals surface area (Å²) >= 11 is 0. The van der Waals surface area contributed by atoms with Crippen LogP contribution in [0.3, 0.4) is 0 Å². The summed E-state index contributed by atoms with van der Waals surface area (Å²) in [6.45, 7) is 2.20. The zero-order chi connectivity index (χ0) is 17.5. The van der Waals surface area contributed by atoms with E-state index < -0.39 is 0 Å². The number of benzene rings is 1. The van der Waals surface area contributed by atoms with Crippen LogP contribution in [0.4, 0.5) is 0 Å². The van der Waals surface area contributed by atoms with Crippen molar-refractivity contribution in [1.29, 1.82) is 0 Å². The molecule has 1 heterocycles. The summed E-state index contributed by atoms with van der Waals surface area (Å²) in [6.07, 6.45) is 0. The molecule has 1 fully saturated rings. The van der Waals surface area contributed by atoms with Crippen molar-refractivity contribution in [2.75, 3.05) is 47.6 Å². The fourth-order valence-corrected chi connectivity index (χ4v) is 3.05. The van der Waals surface area contributed by atoms with E-state index in [0.717, 1.165) is 12.1 Å². The number of likely N-dealkylation sites (tertiary alicyclic amines) is 1. The van der Waals surface area contributed by atoms with Crippen LogP contribution in [-0.2, 0) is 16.1 Å². The van der Waals surface area contributed by atoms with Gasteiger partial charge in [0, 0.05) is 45.3 Å². The van der Waals surface area contributed by atoms with E-state index in [1.807, 2.05) is 18.2 Å². The van der Waals surface area contributed by atoms with Gasteiger partial charge in [-0.1, -0.05) is 6.07 Å². The fraction of sp³-hybridized carbons (Fsp3) is 0.588. The molecule has 0 aromatic heterocycles. The number of nitrogens with one attached hydrogen (secondary N) is 1. The smallest absolute Gasteiger partial charge is 0.246 e. The molecule has 0 spiro atoms. The van der Waals surface area contributed by atoms with Gasteiger partial charge in [0.25, 0.3) is 0 Å². The molecule has 1 aliphatic heterocycles. The van der Waals surface area contributed by atoms with Crippen LogP contribution in [0, 0.1) is 5.92 Å². The lowest BCUT2D eigenvalue weighted by atomic mass is 10.1. The summed E-state index contributed by atoms with van der Waals surface area (Å²) in [5.74, 6) is 1.25. The Morgan fingerprint density at radius 1 is 1.25 bits per heavy atom. The highest BCUT2D eigenvalue weighted by Gasteiger charge is 2.33. The largest absolute Gasteiger partial charge is 0.493 e. The Bertz CT molecular complexity index is 552. The SMILES string of the molecule is COCC(=O)N[C@@H]1CN(Cc2ccc(OC)c(OC)c2)C[C@H]1CO. The number of nitrogens with zero attached hydrogens (tertiary/aromatic N) is 1. The summed E-state index contributed by atoms with van der Waals surface area (Å²) in [5.41, 5.74) is 1.09. The van der Waals surface area contributed by atoms with E-state index in [2.05, 4.69) is 10.2 Å². The Hall–Kier alpha value is -1.83. The first kappa shape index (κ1) is 18.5. The maximum Gasteiger partial charge on any atom is 0.246 e. The minimum atomic E-state index is -0.158. The number of methoxy groups -OCH3 is 3. The Balaban J connectivity index is 1.99. The second-order valence-corrected chi connectivity index (χ2v) is 5.93. The third-order valence-corrected chi connectivity index (χ3v) is 4.23. The minimum Gasteiger partial charge on any atom is -0.493 e. The van der Waals surface area contributed by atoms with Crippen molar-refractivity contribution in [1.82, 2.24) is 10.2 Å². The van der Waals surface area contributed by atoms with Crippen molar-refractivity contribution in [2.24, 2.45) is 5.92 Å². The van der Waals surface area contributed by atoms with E-state index in [-0.39, 0.29) is 31.1 Å². The quantitative estimate of drug-likeness (QED) is 0.708. The van der Waals surface area contributed by atoms with Crippen LogP contribution in [0.5, 0.6) is 11.5 Å². The summed E-state index contributed by atoms with van der Waals surface area (Å²) in [7, 11) is 4.71. The predicted molar refractivity (Wildman–Crippen MR) is 89.2 cm³/mol. The molecule has 7 heteroatoms. The van der Waals surface area contributed by atoms with E-state index in [1.54, 1.807) is 14.2 Å². The molecule has 0 radical (unpaired) electrons. The molecule has 0 bridgehead atoms. The first-order valence-corrected chi connectivity index (χ1v) is 7.93. The van der Waals surface area contributed by atoms with Crippen LogP contribution in [-0.4, -0.2) is 69.6 Å². The maximum atomic E-state index is 11.7. The first-order valence-electron chi connectivity index (χ1n) is 7.93. The number of carbonyl (C=O) groups is 1. The second-order valence-electron chi connectivity index (χ2n) is 5.93. The van der Waals surface area contributed by atoms with Crippen LogP contribution >= 0.6 is 0 Å². The highest BCUT2D eigenvalue weighted by atomic mass is 16.5. The molecule has 1 amide bonds. The van der Waals surface area contributed by atoms with Gasteiger partial charge in [0.15, 0.2) is 11.5 Å². The van der Waals surface area contributed by atoms with Gasteiger partial charge in [-0.3, -0.25) is 9.69 Å². The molecule has 2 atom stereocenters. The zero-order valence-electron chi connectivity index (χ0n) is 14.4. The minimum absolute atomic E-state index is 0.0194. The molecular formula is C17H26N2O5. The predicted octanol–water partition coefficient (Wildman–Crippen LogP) is 0.259. The second kappa shape index (κ2) is 8.86. The number of aliphatic hydroxyl groups excluding tert-OH is 1. The first-order chi connectivity index (χ1) is 11.6. The summed E-state index contributed by atoms with van der Waals surface area (Å²) < 4.78 is 15.4. The third-order valence-electron chi connectivity index (χ3n) is 4.23. The lowest BCUT2D eigenvalue weighted by Gasteiger charge is -2.18. The van der Waals surface area contributed by atoms with Crippen molar-refractivity contribution >= 4 is 5.91 Å². The van der Waals surface area contributed by atoms with Crippen molar-refractivity contribution in [3.8, 4) is 11.5 Å². The van der Waals surface area contributed by atoms with Gasteiger partial charge in [-0.25, -0.2) is 0 Å². The monoisotopic (exact) mass is 338 g/mol. The van der Waals surface area contributed by atoms with Crippen LogP contribution in [0.2, 0.25) is 0 Å². The lowest BCUT2D eigenvalue weighted by Crippen LogP contribution is -2.43. The van der Waals surface area contributed by atoms with Crippen LogP contribution in [0.1, 0.15) is 5.56 Å². The Morgan fingerprint density at radius 3 is 2.62 bits per heavy atom. The van der Waals surface area contributed by atoms with Gasteiger partial charge in [0.2, 0.25) is 5.91 Å². The van der Waals surface area contributed by atoms with E-state index in [0.29, 0.717) is 24.6 Å². The molecular weight excluding hydrogens is 312 g/mol.